The molecule has 5 heteroatoms. The molecule has 4 atom stereocenters. The molecule has 15 heavy (non-hydrogen) atoms. The lowest BCUT2D eigenvalue weighted by Gasteiger charge is -2.33. The highest BCUT2D eigenvalue weighted by Gasteiger charge is 2.63. The van der Waals surface area contributed by atoms with Gasteiger partial charge in [-0.05, 0) is 12.3 Å². The molecule has 2 saturated carbocycles. The van der Waals surface area contributed by atoms with E-state index in [9.17, 15) is 9.90 Å². The second-order valence-electron chi connectivity index (χ2n) is 4.58. The van der Waals surface area contributed by atoms with Gasteiger partial charge in [-0.15, -0.1) is 0 Å². The zero-order chi connectivity index (χ0) is 10.6. The predicted octanol–water partition coefficient (Wildman–Crippen LogP) is -0.101. The van der Waals surface area contributed by atoms with Crippen molar-refractivity contribution in [1.29, 1.82) is 0 Å². The normalized spacial score (nSPS) is 46.5. The zero-order valence-corrected chi connectivity index (χ0v) is 9.73. The molecule has 84 valence electrons. The van der Waals surface area contributed by atoms with Crippen molar-refractivity contribution in [2.45, 2.75) is 23.5 Å². The van der Waals surface area contributed by atoms with Crippen molar-refractivity contribution in [1.82, 2.24) is 0 Å². The number of fused-ring (bicyclic) bond motifs is 3. The summed E-state index contributed by atoms with van der Waals surface area (Å²) >= 11 is 3.53. The molecular formula is C10H12BrO4-. The highest BCUT2D eigenvalue weighted by molar-refractivity contribution is 9.09. The van der Waals surface area contributed by atoms with Gasteiger partial charge in [0.1, 0.15) is 0 Å². The first-order chi connectivity index (χ1) is 7.14. The van der Waals surface area contributed by atoms with Crippen LogP contribution in [0.1, 0.15) is 12.8 Å². The highest BCUT2D eigenvalue weighted by atomic mass is 79.9. The second-order valence-corrected chi connectivity index (χ2v) is 5.76. The summed E-state index contributed by atoms with van der Waals surface area (Å²) in [5.74, 6) is -1.92. The van der Waals surface area contributed by atoms with Crippen LogP contribution in [-0.2, 0) is 14.3 Å². The Balaban J connectivity index is 1.92. The summed E-state index contributed by atoms with van der Waals surface area (Å²) in [5.41, 5.74) is 0. The number of halogens is 1. The summed E-state index contributed by atoms with van der Waals surface area (Å²) in [6.45, 7) is 1.16. The lowest BCUT2D eigenvalue weighted by Crippen LogP contribution is -2.41. The van der Waals surface area contributed by atoms with Crippen LogP contribution in [0.3, 0.4) is 0 Å². The minimum Gasteiger partial charge on any atom is -0.550 e. The minimum absolute atomic E-state index is 0.0422. The number of carbonyl (C=O) groups excluding carboxylic acids is 1. The Bertz CT molecular complexity index is 300. The van der Waals surface area contributed by atoms with Gasteiger partial charge in [-0.25, -0.2) is 0 Å². The molecule has 3 rings (SSSR count). The van der Waals surface area contributed by atoms with E-state index in [0.717, 1.165) is 6.42 Å². The average molecular weight is 276 g/mol. The third-order valence-corrected chi connectivity index (χ3v) is 5.02. The summed E-state index contributed by atoms with van der Waals surface area (Å²) in [4.78, 5) is 11.4. The van der Waals surface area contributed by atoms with Gasteiger partial charge >= 0.3 is 0 Å². The molecule has 1 aliphatic heterocycles. The van der Waals surface area contributed by atoms with Gasteiger partial charge in [0.05, 0.1) is 13.2 Å². The summed E-state index contributed by atoms with van der Waals surface area (Å²) < 4.78 is 11.3. The summed E-state index contributed by atoms with van der Waals surface area (Å²) in [7, 11) is 0. The molecule has 0 radical (unpaired) electrons. The topological polar surface area (TPSA) is 58.6 Å². The third kappa shape index (κ3) is 1.23. The van der Waals surface area contributed by atoms with E-state index in [2.05, 4.69) is 15.9 Å². The van der Waals surface area contributed by atoms with E-state index in [0.29, 0.717) is 19.6 Å². The van der Waals surface area contributed by atoms with Crippen LogP contribution in [0.25, 0.3) is 0 Å². The molecule has 3 fully saturated rings. The molecule has 0 N–H and O–H groups in total. The first kappa shape index (κ1) is 10.1. The molecule has 4 nitrogen and oxygen atoms in total. The number of carboxylic acid groups (broad SMARTS) is 1. The number of carbonyl (C=O) groups is 1. The fourth-order valence-electron chi connectivity index (χ4n) is 3.42. The fraction of sp³-hybridized carbons (Fsp3) is 0.900. The predicted molar refractivity (Wildman–Crippen MR) is 52.1 cm³/mol. The van der Waals surface area contributed by atoms with Gasteiger partial charge in [0.25, 0.3) is 0 Å². The van der Waals surface area contributed by atoms with Gasteiger partial charge in [0.2, 0.25) is 0 Å². The molecule has 0 aromatic heterocycles. The van der Waals surface area contributed by atoms with Gasteiger partial charge in [-0.1, -0.05) is 15.9 Å². The van der Waals surface area contributed by atoms with E-state index < -0.39 is 17.7 Å². The third-order valence-electron chi connectivity index (χ3n) is 3.97. The van der Waals surface area contributed by atoms with Crippen molar-refractivity contribution in [3.05, 3.63) is 0 Å². The maximum atomic E-state index is 11.1. The van der Waals surface area contributed by atoms with Gasteiger partial charge in [0.15, 0.2) is 5.79 Å². The lowest BCUT2D eigenvalue weighted by atomic mass is 9.93. The van der Waals surface area contributed by atoms with Crippen molar-refractivity contribution in [3.63, 3.8) is 0 Å². The van der Waals surface area contributed by atoms with E-state index in [4.69, 9.17) is 9.47 Å². The highest BCUT2D eigenvalue weighted by Crippen LogP contribution is 2.59. The Kier molecular flexibility index (Phi) is 2.13. The molecule has 1 heterocycles. The van der Waals surface area contributed by atoms with Crippen LogP contribution in [0.15, 0.2) is 0 Å². The van der Waals surface area contributed by atoms with Crippen LogP contribution in [0.2, 0.25) is 0 Å². The molecule has 1 spiro atoms. The molecule has 1 saturated heterocycles. The number of ether oxygens (including phenoxy) is 2. The Morgan fingerprint density at radius 3 is 2.60 bits per heavy atom. The fourth-order valence-corrected chi connectivity index (χ4v) is 4.34. The average Bonchev–Trinajstić information content (AvgIpc) is 2.81. The van der Waals surface area contributed by atoms with E-state index in [1.807, 2.05) is 0 Å². The maximum absolute atomic E-state index is 11.1. The van der Waals surface area contributed by atoms with Crippen LogP contribution >= 0.6 is 15.9 Å². The van der Waals surface area contributed by atoms with E-state index in [-0.39, 0.29) is 16.7 Å². The SMILES string of the molecule is O=C([O-])[C@@H]1[C@H]2CC3(OCCO3)[C@@H]1C[C@H]2Br. The molecule has 0 amide bonds. The Morgan fingerprint density at radius 1 is 1.40 bits per heavy atom. The number of carboxylic acids is 1. The first-order valence-corrected chi connectivity index (χ1v) is 6.18. The number of aliphatic carboxylic acids is 1. The molecule has 2 bridgehead atoms. The van der Waals surface area contributed by atoms with Gasteiger partial charge in [-0.3, -0.25) is 0 Å². The summed E-state index contributed by atoms with van der Waals surface area (Å²) in [6.07, 6.45) is 1.50. The van der Waals surface area contributed by atoms with Gasteiger partial charge in [-0.2, -0.15) is 0 Å². The smallest absolute Gasteiger partial charge is 0.172 e. The van der Waals surface area contributed by atoms with Crippen LogP contribution in [-0.4, -0.2) is 29.8 Å². The van der Waals surface area contributed by atoms with Crippen LogP contribution in [0, 0.1) is 17.8 Å². The molecule has 3 aliphatic rings. The Labute approximate surface area is 96.1 Å². The van der Waals surface area contributed by atoms with E-state index in [1.54, 1.807) is 0 Å². The second kappa shape index (κ2) is 3.18. The first-order valence-electron chi connectivity index (χ1n) is 5.27. The standard InChI is InChI=1S/C10H13BrO4/c11-7-3-6-8(9(12)13)5(7)4-10(6)14-1-2-15-10/h5-8H,1-4H2,(H,12,13)/p-1/t5-,6+,7+,8+/m0/s1. The van der Waals surface area contributed by atoms with E-state index in [1.165, 1.54) is 0 Å². The van der Waals surface area contributed by atoms with Crippen LogP contribution < -0.4 is 5.11 Å². The molecule has 0 aromatic carbocycles. The number of hydrogen-bond donors (Lipinski definition) is 0. The Morgan fingerprint density at radius 2 is 2.07 bits per heavy atom. The lowest BCUT2D eigenvalue weighted by molar-refractivity contribution is -0.315. The van der Waals surface area contributed by atoms with Crippen LogP contribution in [0.4, 0.5) is 0 Å². The van der Waals surface area contributed by atoms with Gasteiger partial charge < -0.3 is 19.4 Å². The molecular weight excluding hydrogens is 264 g/mol. The number of rotatable bonds is 1. The van der Waals surface area contributed by atoms with Crippen molar-refractivity contribution in [2.24, 2.45) is 17.8 Å². The summed E-state index contributed by atoms with van der Waals surface area (Å²) in [5, 5.41) is 11.1. The van der Waals surface area contributed by atoms with Gasteiger partial charge in [0, 0.05) is 29.1 Å². The molecule has 0 unspecified atom stereocenters. The largest absolute Gasteiger partial charge is 0.550 e. The Hall–Kier alpha value is -0.130. The zero-order valence-electron chi connectivity index (χ0n) is 8.15. The quantitative estimate of drug-likeness (QED) is 0.627. The molecule has 2 aliphatic carbocycles. The summed E-state index contributed by atoms with van der Waals surface area (Å²) in [6, 6.07) is 0. The minimum atomic E-state index is -0.956. The maximum Gasteiger partial charge on any atom is 0.172 e. The number of hydrogen-bond acceptors (Lipinski definition) is 4. The monoisotopic (exact) mass is 275 g/mol. The van der Waals surface area contributed by atoms with E-state index >= 15 is 0 Å². The molecule has 0 aromatic rings. The van der Waals surface area contributed by atoms with Crippen molar-refractivity contribution < 1.29 is 19.4 Å². The van der Waals surface area contributed by atoms with Crippen molar-refractivity contribution >= 4 is 21.9 Å². The van der Waals surface area contributed by atoms with Crippen molar-refractivity contribution in [2.75, 3.05) is 13.2 Å². The van der Waals surface area contributed by atoms with Crippen molar-refractivity contribution in [3.8, 4) is 0 Å². The number of alkyl halides is 1. The van der Waals surface area contributed by atoms with Crippen LogP contribution in [0.5, 0.6) is 0 Å².